The predicted molar refractivity (Wildman–Crippen MR) is 133 cm³/mol. The molecule has 35 heavy (non-hydrogen) atoms. The lowest BCUT2D eigenvalue weighted by Crippen LogP contribution is -2.42. The third kappa shape index (κ3) is 5.85. The molecule has 182 valence electrons. The largest absolute Gasteiger partial charge is 0.379 e. The number of benzene rings is 1. The van der Waals surface area contributed by atoms with Gasteiger partial charge in [0.25, 0.3) is 0 Å². The number of ether oxygens (including phenoxy) is 1. The van der Waals surface area contributed by atoms with Crippen LogP contribution in [0.15, 0.2) is 40.4 Å². The van der Waals surface area contributed by atoms with Crippen LogP contribution in [0.4, 0.5) is 15.7 Å². The van der Waals surface area contributed by atoms with Gasteiger partial charge in [0, 0.05) is 38.0 Å². The molecule has 3 aromatic heterocycles. The summed E-state index contributed by atoms with van der Waals surface area (Å²) in [5, 5.41) is 22.2. The number of hydrogen-bond donors (Lipinski definition) is 3. The van der Waals surface area contributed by atoms with E-state index in [0.29, 0.717) is 28.3 Å². The van der Waals surface area contributed by atoms with E-state index < -0.39 is 0 Å². The van der Waals surface area contributed by atoms with Crippen LogP contribution in [0.5, 0.6) is 0 Å². The van der Waals surface area contributed by atoms with Crippen molar-refractivity contribution < 1.29 is 14.3 Å². The van der Waals surface area contributed by atoms with Crippen molar-refractivity contribution in [2.75, 3.05) is 50.0 Å². The molecule has 3 amide bonds. The Bertz CT molecular complexity index is 1370. The summed E-state index contributed by atoms with van der Waals surface area (Å²) < 4.78 is 7.85. The lowest BCUT2D eigenvalue weighted by Gasteiger charge is -2.26. The molecule has 0 spiro atoms. The minimum atomic E-state index is -0.275. The number of nitrogens with zero attached hydrogens (tertiary/aromatic N) is 6. The van der Waals surface area contributed by atoms with Gasteiger partial charge in [-0.2, -0.15) is 4.52 Å². The van der Waals surface area contributed by atoms with Crippen molar-refractivity contribution in [1.29, 1.82) is 0 Å². The van der Waals surface area contributed by atoms with Gasteiger partial charge in [0.2, 0.25) is 11.1 Å². The molecule has 0 radical (unpaired) electrons. The Morgan fingerprint density at radius 1 is 1.14 bits per heavy atom. The number of morpholine rings is 1. The van der Waals surface area contributed by atoms with Crippen LogP contribution >= 0.6 is 23.1 Å². The van der Waals surface area contributed by atoms with Gasteiger partial charge in [0.1, 0.15) is 0 Å². The number of thiazole rings is 1. The maximum absolute atomic E-state index is 12.3. The van der Waals surface area contributed by atoms with E-state index in [0.717, 1.165) is 48.0 Å². The SMILES string of the molecule is CC(=O)Nc1ccc2nnc(Sc3ccc4nc(NC(=O)NCCN5CCOCC5)sc4c3)n2n1. The second-order valence-electron chi connectivity index (χ2n) is 7.74. The van der Waals surface area contributed by atoms with Crippen LogP contribution < -0.4 is 16.0 Å². The molecule has 14 heteroatoms. The quantitative estimate of drug-likeness (QED) is 0.340. The Morgan fingerprint density at radius 3 is 2.83 bits per heavy atom. The number of aromatic nitrogens is 5. The molecule has 1 aliphatic rings. The first kappa shape index (κ1) is 23.4. The van der Waals surface area contributed by atoms with Gasteiger partial charge in [-0.15, -0.1) is 15.3 Å². The summed E-state index contributed by atoms with van der Waals surface area (Å²) in [6.07, 6.45) is 0. The lowest BCUT2D eigenvalue weighted by molar-refractivity contribution is -0.114. The highest BCUT2D eigenvalue weighted by Crippen LogP contribution is 2.33. The molecular formula is C21H23N9O3S2. The van der Waals surface area contributed by atoms with E-state index in [4.69, 9.17) is 4.74 Å². The van der Waals surface area contributed by atoms with Gasteiger partial charge in [-0.25, -0.2) is 9.78 Å². The van der Waals surface area contributed by atoms with Crippen molar-refractivity contribution in [3.8, 4) is 0 Å². The van der Waals surface area contributed by atoms with Gasteiger partial charge in [0.05, 0.1) is 23.4 Å². The number of hydrogen-bond acceptors (Lipinski definition) is 10. The Labute approximate surface area is 208 Å². The number of carbonyl (C=O) groups is 2. The molecule has 0 unspecified atom stereocenters. The molecule has 12 nitrogen and oxygen atoms in total. The second-order valence-corrected chi connectivity index (χ2v) is 9.81. The first-order chi connectivity index (χ1) is 17.0. The average Bonchev–Trinajstić information content (AvgIpc) is 3.42. The van der Waals surface area contributed by atoms with Crippen molar-refractivity contribution in [2.45, 2.75) is 17.0 Å². The molecule has 1 aromatic carbocycles. The highest BCUT2D eigenvalue weighted by atomic mass is 32.2. The number of rotatable bonds is 7. The van der Waals surface area contributed by atoms with Gasteiger partial charge >= 0.3 is 6.03 Å². The molecule has 0 bridgehead atoms. The first-order valence-electron chi connectivity index (χ1n) is 11.0. The van der Waals surface area contributed by atoms with Crippen molar-refractivity contribution >= 4 is 61.9 Å². The predicted octanol–water partition coefficient (Wildman–Crippen LogP) is 2.30. The normalized spacial score (nSPS) is 14.3. The van der Waals surface area contributed by atoms with Crippen LogP contribution in [0.25, 0.3) is 15.9 Å². The van der Waals surface area contributed by atoms with Crippen molar-refractivity contribution in [3.63, 3.8) is 0 Å². The second kappa shape index (κ2) is 10.5. The smallest absolute Gasteiger partial charge is 0.321 e. The number of nitrogens with one attached hydrogen (secondary N) is 3. The fourth-order valence-corrected chi connectivity index (χ4v) is 5.30. The molecule has 1 fully saturated rings. The fraction of sp³-hybridized carbons (Fsp3) is 0.333. The molecule has 3 N–H and O–H groups in total. The molecule has 4 heterocycles. The summed E-state index contributed by atoms with van der Waals surface area (Å²) in [5.41, 5.74) is 1.37. The van der Waals surface area contributed by atoms with E-state index in [1.54, 1.807) is 16.6 Å². The Morgan fingerprint density at radius 2 is 2.00 bits per heavy atom. The van der Waals surface area contributed by atoms with Crippen LogP contribution in [0.1, 0.15) is 6.92 Å². The first-order valence-corrected chi connectivity index (χ1v) is 12.6. The fourth-order valence-electron chi connectivity index (χ4n) is 3.50. The Kier molecular flexibility index (Phi) is 7.03. The number of fused-ring (bicyclic) bond motifs is 2. The lowest BCUT2D eigenvalue weighted by atomic mass is 10.3. The van der Waals surface area contributed by atoms with Gasteiger partial charge in [0.15, 0.2) is 16.6 Å². The van der Waals surface area contributed by atoms with Crippen LogP contribution in [0, 0.1) is 0 Å². The number of anilines is 2. The van der Waals surface area contributed by atoms with Gasteiger partial charge in [-0.1, -0.05) is 11.3 Å². The summed E-state index contributed by atoms with van der Waals surface area (Å²) in [6, 6.07) is 8.95. The van der Waals surface area contributed by atoms with Gasteiger partial charge < -0.3 is 15.4 Å². The number of carbonyl (C=O) groups excluding carboxylic acids is 2. The standard InChI is InChI=1S/C21H23N9O3S2/c1-13(31)23-17-4-5-18-26-27-21(30(18)28-17)34-14-2-3-15-16(12-14)35-20(24-15)25-19(32)22-6-7-29-8-10-33-11-9-29/h2-5,12H,6-11H2,1H3,(H,23,28,31)(H2,22,24,25,32). The highest BCUT2D eigenvalue weighted by Gasteiger charge is 2.14. The zero-order valence-corrected chi connectivity index (χ0v) is 20.5. The van der Waals surface area contributed by atoms with Crippen molar-refractivity contribution in [1.82, 2.24) is 35.0 Å². The molecular weight excluding hydrogens is 490 g/mol. The molecule has 1 aliphatic heterocycles. The monoisotopic (exact) mass is 513 g/mol. The van der Waals surface area contributed by atoms with E-state index in [1.165, 1.54) is 30.0 Å². The van der Waals surface area contributed by atoms with Crippen molar-refractivity contribution in [3.05, 3.63) is 30.3 Å². The molecule has 0 aliphatic carbocycles. The van der Waals surface area contributed by atoms with Crippen LogP contribution in [-0.4, -0.2) is 81.0 Å². The third-order valence-corrected chi connectivity index (χ3v) is 7.01. The summed E-state index contributed by atoms with van der Waals surface area (Å²) in [6.45, 7) is 6.02. The van der Waals surface area contributed by atoms with Gasteiger partial charge in [-0.05, 0) is 42.1 Å². The topological polar surface area (TPSA) is 139 Å². The molecule has 4 aromatic rings. The summed E-state index contributed by atoms with van der Waals surface area (Å²) in [5.74, 6) is 0.216. The molecule has 1 saturated heterocycles. The summed E-state index contributed by atoms with van der Waals surface area (Å²) in [4.78, 5) is 31.3. The van der Waals surface area contributed by atoms with Crippen molar-refractivity contribution in [2.24, 2.45) is 0 Å². The minimum absolute atomic E-state index is 0.204. The average molecular weight is 514 g/mol. The van der Waals surface area contributed by atoms with E-state index in [2.05, 4.69) is 41.1 Å². The van der Waals surface area contributed by atoms with Crippen LogP contribution in [-0.2, 0) is 9.53 Å². The summed E-state index contributed by atoms with van der Waals surface area (Å²) >= 11 is 2.79. The minimum Gasteiger partial charge on any atom is -0.379 e. The van der Waals surface area contributed by atoms with E-state index in [9.17, 15) is 9.59 Å². The Hall–Kier alpha value is -3.33. The molecule has 0 atom stereocenters. The summed E-state index contributed by atoms with van der Waals surface area (Å²) in [7, 11) is 0. The molecule has 5 rings (SSSR count). The zero-order chi connectivity index (χ0) is 24.2. The van der Waals surface area contributed by atoms with Crippen LogP contribution in [0.3, 0.4) is 0 Å². The maximum atomic E-state index is 12.3. The van der Waals surface area contributed by atoms with Gasteiger partial charge in [-0.3, -0.25) is 15.0 Å². The number of amides is 3. The van der Waals surface area contributed by atoms with E-state index in [-0.39, 0.29) is 11.9 Å². The maximum Gasteiger partial charge on any atom is 0.321 e. The van der Waals surface area contributed by atoms with E-state index in [1.807, 2.05) is 18.2 Å². The van der Waals surface area contributed by atoms with E-state index >= 15 is 0 Å². The zero-order valence-electron chi connectivity index (χ0n) is 18.9. The van der Waals surface area contributed by atoms with Crippen LogP contribution in [0.2, 0.25) is 0 Å². The Balaban J connectivity index is 1.22. The molecule has 0 saturated carbocycles. The highest BCUT2D eigenvalue weighted by molar-refractivity contribution is 7.99. The number of urea groups is 1. The third-order valence-electron chi connectivity index (χ3n) is 5.15.